The molecule has 0 aliphatic heterocycles. The van der Waals surface area contributed by atoms with Crippen LogP contribution in [0, 0.1) is 6.92 Å². The third-order valence-electron chi connectivity index (χ3n) is 2.54. The number of anilines is 2. The van der Waals surface area contributed by atoms with Crippen molar-refractivity contribution in [2.75, 3.05) is 17.7 Å². The number of hydrogen-bond acceptors (Lipinski definition) is 3. The normalized spacial score (nSPS) is 12.5. The highest BCUT2D eigenvalue weighted by Gasteiger charge is 2.06. The molecule has 1 atom stereocenters. The van der Waals surface area contributed by atoms with E-state index < -0.39 is 0 Å². The number of benzene rings is 1. The predicted octanol–water partition coefficient (Wildman–Crippen LogP) is 2.80. The van der Waals surface area contributed by atoms with E-state index in [2.05, 4.69) is 12.2 Å². The molecule has 1 aromatic carbocycles. The lowest BCUT2D eigenvalue weighted by Gasteiger charge is -2.17. The fourth-order valence-electron chi connectivity index (χ4n) is 1.59. The number of aliphatic hydroxyl groups is 1. The molecule has 0 aliphatic carbocycles. The Morgan fingerprint density at radius 1 is 1.50 bits per heavy atom. The standard InChI is InChI=1S/C12H19ClN2O/c1-8-6-11(14)10(13)7-12(8)15-9(2)4-3-5-16/h6-7,9,15-16H,3-5,14H2,1-2H3. The highest BCUT2D eigenvalue weighted by atomic mass is 35.5. The van der Waals surface area contributed by atoms with Crippen molar-refractivity contribution in [2.24, 2.45) is 0 Å². The van der Waals surface area contributed by atoms with E-state index in [9.17, 15) is 0 Å². The van der Waals surface area contributed by atoms with Crippen LogP contribution < -0.4 is 11.1 Å². The van der Waals surface area contributed by atoms with E-state index in [0.717, 1.165) is 24.1 Å². The number of aliphatic hydroxyl groups excluding tert-OH is 1. The zero-order valence-electron chi connectivity index (χ0n) is 9.76. The first-order valence-corrected chi connectivity index (χ1v) is 5.85. The Labute approximate surface area is 102 Å². The average Bonchev–Trinajstić information content (AvgIpc) is 2.23. The molecule has 16 heavy (non-hydrogen) atoms. The zero-order valence-corrected chi connectivity index (χ0v) is 10.5. The van der Waals surface area contributed by atoms with Crippen LogP contribution >= 0.6 is 11.6 Å². The Bertz CT molecular complexity index is 355. The Morgan fingerprint density at radius 3 is 2.81 bits per heavy atom. The number of rotatable bonds is 5. The van der Waals surface area contributed by atoms with Crippen LogP contribution in [0.15, 0.2) is 12.1 Å². The molecule has 3 nitrogen and oxygen atoms in total. The van der Waals surface area contributed by atoms with Crippen LogP contribution in [0.1, 0.15) is 25.3 Å². The minimum atomic E-state index is 0.230. The minimum Gasteiger partial charge on any atom is -0.398 e. The van der Waals surface area contributed by atoms with Crippen LogP contribution in [-0.2, 0) is 0 Å². The highest BCUT2D eigenvalue weighted by molar-refractivity contribution is 6.33. The van der Waals surface area contributed by atoms with Crippen LogP contribution in [0.5, 0.6) is 0 Å². The fraction of sp³-hybridized carbons (Fsp3) is 0.500. The van der Waals surface area contributed by atoms with Gasteiger partial charge in [-0.15, -0.1) is 0 Å². The third kappa shape index (κ3) is 3.58. The van der Waals surface area contributed by atoms with E-state index in [1.165, 1.54) is 0 Å². The molecular formula is C12H19ClN2O. The van der Waals surface area contributed by atoms with E-state index in [4.69, 9.17) is 22.4 Å². The maximum atomic E-state index is 8.75. The van der Waals surface area contributed by atoms with Gasteiger partial charge < -0.3 is 16.2 Å². The van der Waals surface area contributed by atoms with Crippen LogP contribution in [-0.4, -0.2) is 17.8 Å². The summed E-state index contributed by atoms with van der Waals surface area (Å²) in [6.45, 7) is 4.31. The molecule has 1 aromatic rings. The Morgan fingerprint density at radius 2 is 2.19 bits per heavy atom. The molecule has 4 N–H and O–H groups in total. The molecule has 0 fully saturated rings. The first kappa shape index (κ1) is 13.1. The Hall–Kier alpha value is -0.930. The predicted molar refractivity (Wildman–Crippen MR) is 70.0 cm³/mol. The molecule has 0 heterocycles. The van der Waals surface area contributed by atoms with E-state index in [1.807, 2.05) is 19.1 Å². The van der Waals surface area contributed by atoms with Crippen LogP contribution in [0.3, 0.4) is 0 Å². The second-order valence-corrected chi connectivity index (χ2v) is 4.51. The van der Waals surface area contributed by atoms with Gasteiger partial charge in [0.15, 0.2) is 0 Å². The van der Waals surface area contributed by atoms with Gasteiger partial charge in [-0.05, 0) is 44.4 Å². The lowest BCUT2D eigenvalue weighted by Crippen LogP contribution is -2.16. The largest absolute Gasteiger partial charge is 0.398 e. The van der Waals surface area contributed by atoms with Gasteiger partial charge in [0.1, 0.15) is 0 Å². The summed E-state index contributed by atoms with van der Waals surface area (Å²) in [6, 6.07) is 4.02. The van der Waals surface area contributed by atoms with Gasteiger partial charge in [-0.25, -0.2) is 0 Å². The minimum absolute atomic E-state index is 0.230. The average molecular weight is 243 g/mol. The molecule has 4 heteroatoms. The molecule has 0 spiro atoms. The first-order chi connectivity index (χ1) is 7.54. The summed E-state index contributed by atoms with van der Waals surface area (Å²) in [7, 11) is 0. The molecule has 0 radical (unpaired) electrons. The third-order valence-corrected chi connectivity index (χ3v) is 2.87. The molecular weight excluding hydrogens is 224 g/mol. The summed E-state index contributed by atoms with van der Waals surface area (Å²) >= 11 is 5.97. The van der Waals surface area contributed by atoms with E-state index in [1.54, 1.807) is 0 Å². The van der Waals surface area contributed by atoms with Gasteiger partial charge in [-0.2, -0.15) is 0 Å². The number of halogens is 1. The SMILES string of the molecule is Cc1cc(N)c(Cl)cc1NC(C)CCCO. The fourth-order valence-corrected chi connectivity index (χ4v) is 1.76. The molecule has 0 aliphatic rings. The van der Waals surface area contributed by atoms with Crippen molar-refractivity contribution in [1.82, 2.24) is 0 Å². The number of nitrogens with two attached hydrogens (primary N) is 1. The Balaban J connectivity index is 2.69. The van der Waals surface area contributed by atoms with E-state index in [-0.39, 0.29) is 6.61 Å². The van der Waals surface area contributed by atoms with E-state index in [0.29, 0.717) is 16.8 Å². The maximum absolute atomic E-state index is 8.75. The summed E-state index contributed by atoms with van der Waals surface area (Å²) in [4.78, 5) is 0. The van der Waals surface area contributed by atoms with Gasteiger partial charge in [0.25, 0.3) is 0 Å². The molecule has 0 saturated heterocycles. The summed E-state index contributed by atoms with van der Waals surface area (Å²) < 4.78 is 0. The molecule has 1 unspecified atom stereocenters. The van der Waals surface area contributed by atoms with Gasteiger partial charge in [0.05, 0.1) is 10.7 Å². The molecule has 1 rings (SSSR count). The lowest BCUT2D eigenvalue weighted by atomic mass is 10.1. The summed E-state index contributed by atoms with van der Waals surface area (Å²) in [5.74, 6) is 0. The molecule has 0 aromatic heterocycles. The summed E-state index contributed by atoms with van der Waals surface area (Å²) in [5.41, 5.74) is 8.40. The second-order valence-electron chi connectivity index (χ2n) is 4.10. The number of aryl methyl sites for hydroxylation is 1. The van der Waals surface area contributed by atoms with Crippen LogP contribution in [0.25, 0.3) is 0 Å². The maximum Gasteiger partial charge on any atom is 0.0656 e. The van der Waals surface area contributed by atoms with Crippen molar-refractivity contribution in [1.29, 1.82) is 0 Å². The van der Waals surface area contributed by atoms with Crippen molar-refractivity contribution in [3.05, 3.63) is 22.7 Å². The molecule has 0 bridgehead atoms. The van der Waals surface area contributed by atoms with Gasteiger partial charge in [0.2, 0.25) is 0 Å². The van der Waals surface area contributed by atoms with Crippen molar-refractivity contribution in [2.45, 2.75) is 32.7 Å². The number of nitrogen functional groups attached to an aromatic ring is 1. The van der Waals surface area contributed by atoms with Gasteiger partial charge in [-0.3, -0.25) is 0 Å². The first-order valence-electron chi connectivity index (χ1n) is 5.47. The van der Waals surface area contributed by atoms with E-state index >= 15 is 0 Å². The number of nitrogens with one attached hydrogen (secondary N) is 1. The molecule has 90 valence electrons. The van der Waals surface area contributed by atoms with Crippen molar-refractivity contribution in [3.63, 3.8) is 0 Å². The molecule has 0 saturated carbocycles. The monoisotopic (exact) mass is 242 g/mol. The summed E-state index contributed by atoms with van der Waals surface area (Å²) in [6.07, 6.45) is 1.73. The molecule has 0 amide bonds. The Kier molecular flexibility index (Phi) is 4.90. The van der Waals surface area contributed by atoms with Gasteiger partial charge in [-0.1, -0.05) is 11.6 Å². The smallest absolute Gasteiger partial charge is 0.0656 e. The summed E-state index contributed by atoms with van der Waals surface area (Å²) in [5, 5.41) is 12.7. The van der Waals surface area contributed by atoms with Crippen LogP contribution in [0.4, 0.5) is 11.4 Å². The zero-order chi connectivity index (χ0) is 12.1. The number of hydrogen-bond donors (Lipinski definition) is 3. The second kappa shape index (κ2) is 5.97. The highest BCUT2D eigenvalue weighted by Crippen LogP contribution is 2.27. The van der Waals surface area contributed by atoms with Crippen LogP contribution in [0.2, 0.25) is 5.02 Å². The van der Waals surface area contributed by atoms with Gasteiger partial charge in [0, 0.05) is 18.3 Å². The topological polar surface area (TPSA) is 58.3 Å². The van der Waals surface area contributed by atoms with Crippen molar-refractivity contribution in [3.8, 4) is 0 Å². The van der Waals surface area contributed by atoms with Crippen molar-refractivity contribution < 1.29 is 5.11 Å². The van der Waals surface area contributed by atoms with Crippen molar-refractivity contribution >= 4 is 23.0 Å². The lowest BCUT2D eigenvalue weighted by molar-refractivity contribution is 0.282. The van der Waals surface area contributed by atoms with Gasteiger partial charge >= 0.3 is 0 Å². The quantitative estimate of drug-likeness (QED) is 0.696.